The minimum atomic E-state index is -4.64. The fourth-order valence-electron chi connectivity index (χ4n) is 0.749. The average molecular weight is 231 g/mol. The lowest BCUT2D eigenvalue weighted by atomic mass is 10.2. The molecule has 0 fully saturated rings. The standard InChI is InChI=1S/C6H3Cl2F3N2/c7-2-1-13-5(12)3(4(2)8)6(9,10)11/h1H,(H2,12,13). The minimum Gasteiger partial charge on any atom is -0.383 e. The Morgan fingerprint density at radius 1 is 1.31 bits per heavy atom. The molecule has 0 spiro atoms. The summed E-state index contributed by atoms with van der Waals surface area (Å²) < 4.78 is 36.7. The van der Waals surface area contributed by atoms with Crippen molar-refractivity contribution in [2.24, 2.45) is 0 Å². The molecule has 0 radical (unpaired) electrons. The van der Waals surface area contributed by atoms with Crippen molar-refractivity contribution in [1.29, 1.82) is 0 Å². The Hall–Kier alpha value is -0.680. The molecule has 7 heteroatoms. The first-order valence-electron chi connectivity index (χ1n) is 3.00. The highest BCUT2D eigenvalue weighted by molar-refractivity contribution is 6.42. The molecule has 0 saturated carbocycles. The quantitative estimate of drug-likeness (QED) is 0.745. The van der Waals surface area contributed by atoms with Gasteiger partial charge in [0.05, 0.1) is 10.0 Å². The van der Waals surface area contributed by atoms with E-state index in [4.69, 9.17) is 28.9 Å². The molecule has 0 atom stereocenters. The third-order valence-electron chi connectivity index (χ3n) is 1.29. The summed E-state index contributed by atoms with van der Waals surface area (Å²) in [6, 6.07) is 0. The fraction of sp³-hybridized carbons (Fsp3) is 0.167. The van der Waals surface area contributed by atoms with Crippen molar-refractivity contribution in [2.75, 3.05) is 5.73 Å². The lowest BCUT2D eigenvalue weighted by molar-refractivity contribution is -0.137. The van der Waals surface area contributed by atoms with E-state index >= 15 is 0 Å². The van der Waals surface area contributed by atoms with E-state index in [-0.39, 0.29) is 5.02 Å². The van der Waals surface area contributed by atoms with Crippen LogP contribution in [-0.2, 0) is 6.18 Å². The zero-order chi connectivity index (χ0) is 10.2. The van der Waals surface area contributed by atoms with Crippen LogP contribution in [0.4, 0.5) is 19.0 Å². The molecule has 0 aliphatic carbocycles. The lowest BCUT2D eigenvalue weighted by Gasteiger charge is -2.11. The van der Waals surface area contributed by atoms with Crippen LogP contribution >= 0.6 is 23.2 Å². The minimum absolute atomic E-state index is 0.275. The van der Waals surface area contributed by atoms with E-state index in [9.17, 15) is 13.2 Å². The summed E-state index contributed by atoms with van der Waals surface area (Å²) in [7, 11) is 0. The SMILES string of the molecule is Nc1ncc(Cl)c(Cl)c1C(F)(F)F. The highest BCUT2D eigenvalue weighted by atomic mass is 35.5. The molecule has 0 aromatic carbocycles. The van der Waals surface area contributed by atoms with Gasteiger partial charge in [0, 0.05) is 6.20 Å². The van der Waals surface area contributed by atoms with Gasteiger partial charge in [-0.1, -0.05) is 23.2 Å². The molecule has 1 rings (SSSR count). The van der Waals surface area contributed by atoms with Crippen LogP contribution in [0.15, 0.2) is 6.20 Å². The van der Waals surface area contributed by atoms with Gasteiger partial charge in [-0.3, -0.25) is 0 Å². The van der Waals surface area contributed by atoms with Crippen LogP contribution in [0.5, 0.6) is 0 Å². The van der Waals surface area contributed by atoms with Crippen molar-refractivity contribution in [3.05, 3.63) is 21.8 Å². The first-order valence-corrected chi connectivity index (χ1v) is 3.76. The maximum Gasteiger partial charge on any atom is 0.421 e. The highest BCUT2D eigenvalue weighted by Gasteiger charge is 2.37. The molecule has 1 aromatic heterocycles. The second-order valence-corrected chi connectivity index (χ2v) is 2.96. The second kappa shape index (κ2) is 3.23. The van der Waals surface area contributed by atoms with Gasteiger partial charge < -0.3 is 5.73 Å². The Labute approximate surface area is 81.5 Å². The van der Waals surface area contributed by atoms with Crippen molar-refractivity contribution in [1.82, 2.24) is 4.98 Å². The number of hydrogen-bond acceptors (Lipinski definition) is 2. The van der Waals surface area contributed by atoms with Crippen LogP contribution in [0.3, 0.4) is 0 Å². The summed E-state index contributed by atoms with van der Waals surface area (Å²) >= 11 is 10.7. The molecule has 2 N–H and O–H groups in total. The average Bonchev–Trinajstić information content (AvgIpc) is 1.95. The molecule has 0 unspecified atom stereocenters. The molecule has 0 saturated heterocycles. The van der Waals surface area contributed by atoms with Crippen LogP contribution in [0.25, 0.3) is 0 Å². The van der Waals surface area contributed by atoms with Gasteiger partial charge in [-0.05, 0) is 0 Å². The van der Waals surface area contributed by atoms with Crippen LogP contribution < -0.4 is 5.73 Å². The van der Waals surface area contributed by atoms with Gasteiger partial charge in [-0.2, -0.15) is 13.2 Å². The number of anilines is 1. The molecule has 0 bridgehead atoms. The molecule has 13 heavy (non-hydrogen) atoms. The number of hydrogen-bond donors (Lipinski definition) is 1. The predicted molar refractivity (Wildman–Crippen MR) is 43.7 cm³/mol. The van der Waals surface area contributed by atoms with Crippen molar-refractivity contribution in [2.45, 2.75) is 6.18 Å². The van der Waals surface area contributed by atoms with Crippen molar-refractivity contribution in [3.63, 3.8) is 0 Å². The van der Waals surface area contributed by atoms with E-state index in [1.165, 1.54) is 0 Å². The smallest absolute Gasteiger partial charge is 0.383 e. The number of alkyl halides is 3. The van der Waals surface area contributed by atoms with E-state index in [0.29, 0.717) is 0 Å². The topological polar surface area (TPSA) is 38.9 Å². The first-order chi connectivity index (χ1) is 5.84. The third-order valence-corrected chi connectivity index (χ3v) is 2.06. The number of rotatable bonds is 0. The highest BCUT2D eigenvalue weighted by Crippen LogP contribution is 2.40. The normalized spacial score (nSPS) is 11.8. The summed E-state index contributed by atoms with van der Waals surface area (Å²) in [5, 5.41) is -0.898. The molecule has 0 aliphatic rings. The van der Waals surface area contributed by atoms with E-state index in [1.54, 1.807) is 0 Å². The monoisotopic (exact) mass is 230 g/mol. The summed E-state index contributed by atoms with van der Waals surface area (Å²) in [5.74, 6) is -0.679. The number of nitrogens with two attached hydrogens (primary N) is 1. The molecular weight excluding hydrogens is 228 g/mol. The van der Waals surface area contributed by atoms with E-state index in [0.717, 1.165) is 6.20 Å². The Bertz CT molecular complexity index is 337. The number of halogens is 5. The molecular formula is C6H3Cl2F3N2. The maximum absolute atomic E-state index is 12.2. The zero-order valence-corrected chi connectivity index (χ0v) is 7.50. The number of aromatic nitrogens is 1. The predicted octanol–water partition coefficient (Wildman–Crippen LogP) is 2.99. The second-order valence-electron chi connectivity index (χ2n) is 2.18. The van der Waals surface area contributed by atoms with E-state index in [2.05, 4.69) is 4.98 Å². The van der Waals surface area contributed by atoms with E-state index < -0.39 is 22.6 Å². The Balaban J connectivity index is 3.43. The molecule has 1 aromatic rings. The molecule has 0 aliphatic heterocycles. The molecule has 0 amide bonds. The van der Waals surface area contributed by atoms with Gasteiger partial charge in [0.25, 0.3) is 0 Å². The molecule has 72 valence electrons. The number of nitrogens with zero attached hydrogens (tertiary/aromatic N) is 1. The zero-order valence-electron chi connectivity index (χ0n) is 5.99. The van der Waals surface area contributed by atoms with Gasteiger partial charge in [0.1, 0.15) is 11.4 Å². The summed E-state index contributed by atoms with van der Waals surface area (Å²) in [5.41, 5.74) is 3.81. The fourth-order valence-corrected chi connectivity index (χ4v) is 1.14. The first kappa shape index (κ1) is 10.4. The van der Waals surface area contributed by atoms with Crippen LogP contribution in [0.1, 0.15) is 5.56 Å². The number of nitrogen functional groups attached to an aromatic ring is 1. The van der Waals surface area contributed by atoms with Gasteiger partial charge in [-0.25, -0.2) is 4.98 Å². The van der Waals surface area contributed by atoms with Gasteiger partial charge in [-0.15, -0.1) is 0 Å². The molecule has 2 nitrogen and oxygen atoms in total. The Kier molecular flexibility index (Phi) is 2.58. The van der Waals surface area contributed by atoms with Crippen molar-refractivity contribution in [3.8, 4) is 0 Å². The van der Waals surface area contributed by atoms with Gasteiger partial charge in [0.2, 0.25) is 0 Å². The molecule has 1 heterocycles. The van der Waals surface area contributed by atoms with Crippen molar-refractivity contribution >= 4 is 29.0 Å². The summed E-state index contributed by atoms with van der Waals surface area (Å²) in [4.78, 5) is 3.25. The Morgan fingerprint density at radius 2 is 1.85 bits per heavy atom. The van der Waals surface area contributed by atoms with Crippen LogP contribution in [0.2, 0.25) is 10.0 Å². The number of pyridine rings is 1. The largest absolute Gasteiger partial charge is 0.421 e. The maximum atomic E-state index is 12.2. The summed E-state index contributed by atoms with van der Waals surface area (Å²) in [6.07, 6.45) is -3.67. The third kappa shape index (κ3) is 1.97. The van der Waals surface area contributed by atoms with Crippen molar-refractivity contribution < 1.29 is 13.2 Å². The summed E-state index contributed by atoms with van der Waals surface area (Å²) in [6.45, 7) is 0. The lowest BCUT2D eigenvalue weighted by Crippen LogP contribution is -2.11. The van der Waals surface area contributed by atoms with Gasteiger partial charge in [0.15, 0.2) is 0 Å². The van der Waals surface area contributed by atoms with Crippen LogP contribution in [0, 0.1) is 0 Å². The van der Waals surface area contributed by atoms with Crippen LogP contribution in [-0.4, -0.2) is 4.98 Å². The van der Waals surface area contributed by atoms with E-state index in [1.807, 2.05) is 0 Å². The van der Waals surface area contributed by atoms with Gasteiger partial charge >= 0.3 is 6.18 Å². The Morgan fingerprint density at radius 3 is 2.23 bits per heavy atom.